The Hall–Kier alpha value is -4.35. The number of hydrogen-bond acceptors (Lipinski definition) is 7. The highest BCUT2D eigenvalue weighted by atomic mass is 19.3. The van der Waals surface area contributed by atoms with E-state index in [9.17, 15) is 18.4 Å². The fourth-order valence-electron chi connectivity index (χ4n) is 3.31. The SMILES string of the molecule is COC(=O)c1nn(C)cc1NC(=O)c1cnn2c(C(F)F)cc(-c3ccccc3OC)nc12. The first kappa shape index (κ1) is 21.9. The highest BCUT2D eigenvalue weighted by Gasteiger charge is 2.24. The molecule has 1 aromatic carbocycles. The van der Waals surface area contributed by atoms with Gasteiger partial charge in [-0.25, -0.2) is 23.1 Å². The molecule has 1 amide bonds. The van der Waals surface area contributed by atoms with Crippen molar-refractivity contribution in [2.24, 2.45) is 7.05 Å². The van der Waals surface area contributed by atoms with Crippen molar-refractivity contribution >= 4 is 23.2 Å². The zero-order valence-corrected chi connectivity index (χ0v) is 17.7. The first-order valence-corrected chi connectivity index (χ1v) is 9.57. The molecule has 1 N–H and O–H groups in total. The van der Waals surface area contributed by atoms with Crippen LogP contribution in [0, 0.1) is 0 Å². The maximum absolute atomic E-state index is 13.8. The monoisotopic (exact) mass is 456 g/mol. The van der Waals surface area contributed by atoms with Gasteiger partial charge >= 0.3 is 5.97 Å². The molecule has 3 aromatic heterocycles. The van der Waals surface area contributed by atoms with Crippen LogP contribution in [0.4, 0.5) is 14.5 Å². The van der Waals surface area contributed by atoms with Crippen LogP contribution < -0.4 is 10.1 Å². The molecule has 0 radical (unpaired) electrons. The minimum atomic E-state index is -2.89. The number of aryl methyl sites for hydroxylation is 1. The summed E-state index contributed by atoms with van der Waals surface area (Å²) < 4.78 is 39.9. The molecule has 0 spiro atoms. The number of para-hydroxylation sites is 1. The summed E-state index contributed by atoms with van der Waals surface area (Å²) in [5.41, 5.74) is 0.0164. The number of nitrogens with zero attached hydrogens (tertiary/aromatic N) is 5. The van der Waals surface area contributed by atoms with Gasteiger partial charge in [0, 0.05) is 18.8 Å². The molecule has 0 saturated carbocycles. The van der Waals surface area contributed by atoms with Crippen LogP contribution in [0.1, 0.15) is 33.0 Å². The van der Waals surface area contributed by atoms with Crippen LogP contribution in [-0.4, -0.2) is 50.5 Å². The molecule has 10 nitrogen and oxygen atoms in total. The van der Waals surface area contributed by atoms with Crippen LogP contribution in [-0.2, 0) is 11.8 Å². The molecular formula is C21H18F2N6O4. The van der Waals surface area contributed by atoms with Gasteiger partial charge in [0.15, 0.2) is 11.3 Å². The van der Waals surface area contributed by atoms with E-state index < -0.39 is 24.0 Å². The van der Waals surface area contributed by atoms with E-state index in [0.717, 1.165) is 10.7 Å². The maximum Gasteiger partial charge on any atom is 0.360 e. The lowest BCUT2D eigenvalue weighted by Crippen LogP contribution is -2.15. The van der Waals surface area contributed by atoms with Gasteiger partial charge in [0.05, 0.1) is 31.8 Å². The zero-order valence-electron chi connectivity index (χ0n) is 17.7. The number of aromatic nitrogens is 5. The van der Waals surface area contributed by atoms with Crippen molar-refractivity contribution in [2.45, 2.75) is 6.43 Å². The quantitative estimate of drug-likeness (QED) is 0.444. The number of nitrogens with one attached hydrogen (secondary N) is 1. The molecule has 4 rings (SSSR count). The second-order valence-electron chi connectivity index (χ2n) is 6.87. The van der Waals surface area contributed by atoms with Crippen LogP contribution in [0.15, 0.2) is 42.7 Å². The van der Waals surface area contributed by atoms with Gasteiger partial charge in [0.2, 0.25) is 0 Å². The molecule has 0 saturated heterocycles. The Kier molecular flexibility index (Phi) is 5.73. The fourth-order valence-corrected chi connectivity index (χ4v) is 3.31. The van der Waals surface area contributed by atoms with Crippen LogP contribution in [0.25, 0.3) is 16.9 Å². The van der Waals surface area contributed by atoms with Gasteiger partial charge < -0.3 is 14.8 Å². The summed E-state index contributed by atoms with van der Waals surface area (Å²) in [6, 6.07) is 7.98. The molecule has 0 unspecified atom stereocenters. The van der Waals surface area contributed by atoms with Gasteiger partial charge in [0.25, 0.3) is 12.3 Å². The third kappa shape index (κ3) is 3.97. The third-order valence-electron chi connectivity index (χ3n) is 4.81. The summed E-state index contributed by atoms with van der Waals surface area (Å²) >= 11 is 0. The number of halogens is 2. The number of alkyl halides is 2. The highest BCUT2D eigenvalue weighted by molar-refractivity contribution is 6.10. The summed E-state index contributed by atoms with van der Waals surface area (Å²) in [4.78, 5) is 29.4. The number of ether oxygens (including phenoxy) is 2. The number of rotatable bonds is 6. The number of anilines is 1. The lowest BCUT2D eigenvalue weighted by molar-refractivity contribution is 0.0594. The largest absolute Gasteiger partial charge is 0.496 e. The Bertz CT molecular complexity index is 1360. The van der Waals surface area contributed by atoms with Gasteiger partial charge in [-0.15, -0.1) is 0 Å². The molecule has 0 fully saturated rings. The zero-order chi connectivity index (χ0) is 23.7. The van der Waals surface area contributed by atoms with Crippen molar-refractivity contribution in [3.05, 3.63) is 59.7 Å². The summed E-state index contributed by atoms with van der Waals surface area (Å²) in [5.74, 6) is -1.03. The van der Waals surface area contributed by atoms with E-state index in [1.54, 1.807) is 31.3 Å². The first-order chi connectivity index (χ1) is 15.8. The molecule has 33 heavy (non-hydrogen) atoms. The Morgan fingerprint density at radius 2 is 1.94 bits per heavy atom. The van der Waals surface area contributed by atoms with E-state index in [-0.39, 0.29) is 28.3 Å². The Morgan fingerprint density at radius 1 is 1.18 bits per heavy atom. The normalized spacial score (nSPS) is 11.1. The number of benzene rings is 1. The van der Waals surface area contributed by atoms with E-state index >= 15 is 0 Å². The van der Waals surface area contributed by atoms with Crippen LogP contribution >= 0.6 is 0 Å². The van der Waals surface area contributed by atoms with Crippen molar-refractivity contribution in [2.75, 3.05) is 19.5 Å². The van der Waals surface area contributed by atoms with E-state index in [0.29, 0.717) is 11.3 Å². The van der Waals surface area contributed by atoms with Gasteiger partial charge in [0.1, 0.15) is 17.0 Å². The van der Waals surface area contributed by atoms with Crippen molar-refractivity contribution in [1.82, 2.24) is 24.4 Å². The predicted molar refractivity (Wildman–Crippen MR) is 112 cm³/mol. The van der Waals surface area contributed by atoms with Crippen molar-refractivity contribution in [3.8, 4) is 17.0 Å². The van der Waals surface area contributed by atoms with Crippen molar-refractivity contribution in [3.63, 3.8) is 0 Å². The Labute approximate surface area is 185 Å². The molecule has 0 atom stereocenters. The molecule has 0 aliphatic rings. The highest BCUT2D eigenvalue weighted by Crippen LogP contribution is 2.32. The minimum absolute atomic E-state index is 0.0756. The maximum atomic E-state index is 13.8. The standard InChI is InChI=1S/C21H18F2N6O4/c1-28-10-14(17(27-28)21(31)33-3)26-20(30)12-9-24-29-15(18(22)23)8-13(25-19(12)29)11-6-4-5-7-16(11)32-2/h4-10,18H,1-3H3,(H,26,30). The summed E-state index contributed by atoms with van der Waals surface area (Å²) in [7, 11) is 4.20. The first-order valence-electron chi connectivity index (χ1n) is 9.57. The van der Waals surface area contributed by atoms with Crippen molar-refractivity contribution in [1.29, 1.82) is 0 Å². The number of fused-ring (bicyclic) bond motifs is 1. The number of esters is 1. The van der Waals surface area contributed by atoms with Gasteiger partial charge in [-0.3, -0.25) is 9.48 Å². The molecule has 170 valence electrons. The number of methoxy groups -OCH3 is 2. The molecule has 0 aliphatic heterocycles. The second kappa shape index (κ2) is 8.65. The number of hydrogen-bond donors (Lipinski definition) is 1. The third-order valence-corrected chi connectivity index (χ3v) is 4.81. The van der Waals surface area contributed by atoms with Gasteiger partial charge in [-0.1, -0.05) is 12.1 Å². The summed E-state index contributed by atoms with van der Waals surface area (Å²) in [5, 5.41) is 10.4. The van der Waals surface area contributed by atoms with E-state index in [1.807, 2.05) is 0 Å². The Balaban J connectivity index is 1.82. The minimum Gasteiger partial charge on any atom is -0.496 e. The average molecular weight is 456 g/mol. The van der Waals surface area contributed by atoms with Crippen LogP contribution in [0.5, 0.6) is 5.75 Å². The smallest absolute Gasteiger partial charge is 0.360 e. The number of amides is 1. The second-order valence-corrected chi connectivity index (χ2v) is 6.87. The van der Waals surface area contributed by atoms with Crippen LogP contribution in [0.3, 0.4) is 0 Å². The number of carbonyl (C=O) groups excluding carboxylic acids is 2. The molecular weight excluding hydrogens is 438 g/mol. The van der Waals surface area contributed by atoms with E-state index in [4.69, 9.17) is 4.74 Å². The lowest BCUT2D eigenvalue weighted by Gasteiger charge is -2.11. The Morgan fingerprint density at radius 3 is 2.64 bits per heavy atom. The van der Waals surface area contributed by atoms with E-state index in [1.165, 1.54) is 31.2 Å². The molecule has 0 aliphatic carbocycles. The van der Waals surface area contributed by atoms with Crippen molar-refractivity contribution < 1.29 is 27.8 Å². The van der Waals surface area contributed by atoms with Gasteiger partial charge in [-0.05, 0) is 18.2 Å². The fraction of sp³-hybridized carbons (Fsp3) is 0.190. The van der Waals surface area contributed by atoms with Gasteiger partial charge in [-0.2, -0.15) is 10.2 Å². The average Bonchev–Trinajstić information content (AvgIpc) is 3.40. The molecule has 12 heteroatoms. The predicted octanol–water partition coefficient (Wildman–Crippen LogP) is 3.11. The molecule has 4 aromatic rings. The van der Waals surface area contributed by atoms with Crippen LogP contribution in [0.2, 0.25) is 0 Å². The molecule has 3 heterocycles. The number of carbonyl (C=O) groups is 2. The summed E-state index contributed by atoms with van der Waals surface area (Å²) in [6.07, 6.45) is -0.346. The molecule has 0 bridgehead atoms. The van der Waals surface area contributed by atoms with E-state index in [2.05, 4.69) is 25.2 Å². The summed E-state index contributed by atoms with van der Waals surface area (Å²) in [6.45, 7) is 0. The topological polar surface area (TPSA) is 113 Å². The lowest BCUT2D eigenvalue weighted by atomic mass is 10.1.